The summed E-state index contributed by atoms with van der Waals surface area (Å²) in [6.07, 6.45) is -1.15. The third kappa shape index (κ3) is 4.70. The monoisotopic (exact) mass is 371 g/mol. The molecular weight excluding hydrogens is 355 g/mol. The lowest BCUT2D eigenvalue weighted by Crippen LogP contribution is -2.26. The van der Waals surface area contributed by atoms with E-state index in [0.29, 0.717) is 11.0 Å². The van der Waals surface area contributed by atoms with Gasteiger partial charge in [-0.15, -0.1) is 24.5 Å². The Hall–Kier alpha value is -2.13. The summed E-state index contributed by atoms with van der Waals surface area (Å²) in [6.45, 7) is 1.87. The number of carbonyl (C=O) groups is 1. The molecule has 0 saturated carbocycles. The molecule has 0 spiro atoms. The molecule has 3 rings (SSSR count). The van der Waals surface area contributed by atoms with E-state index in [1.165, 1.54) is 29.5 Å². The van der Waals surface area contributed by atoms with Gasteiger partial charge >= 0.3 is 6.36 Å². The molecule has 9 heteroatoms. The minimum absolute atomic E-state index is 0.196. The molecule has 0 atom stereocenters. The Labute approximate surface area is 146 Å². The number of nitrogens with one attached hydrogen (secondary N) is 2. The van der Waals surface area contributed by atoms with E-state index in [1.807, 2.05) is 0 Å². The molecule has 1 aromatic heterocycles. The van der Waals surface area contributed by atoms with Crippen LogP contribution >= 0.6 is 11.3 Å². The first-order chi connectivity index (χ1) is 11.9. The van der Waals surface area contributed by atoms with Crippen LogP contribution in [0.25, 0.3) is 0 Å². The van der Waals surface area contributed by atoms with Crippen molar-refractivity contribution >= 4 is 22.4 Å². The molecule has 2 heterocycles. The lowest BCUT2D eigenvalue weighted by atomic mass is 9.97. The quantitative estimate of drug-likeness (QED) is 0.859. The lowest BCUT2D eigenvalue weighted by Gasteiger charge is -2.20. The zero-order valence-corrected chi connectivity index (χ0v) is 13.9. The first-order valence-corrected chi connectivity index (χ1v) is 8.56. The highest BCUT2D eigenvalue weighted by Gasteiger charge is 2.33. The number of halogens is 3. The third-order valence-electron chi connectivity index (χ3n) is 3.84. The van der Waals surface area contributed by atoms with Gasteiger partial charge in [0.25, 0.3) is 5.91 Å². The van der Waals surface area contributed by atoms with Crippen LogP contribution in [0, 0.1) is 0 Å². The number of ether oxygens (including phenoxy) is 1. The number of thiazole rings is 1. The van der Waals surface area contributed by atoms with E-state index in [2.05, 4.69) is 20.4 Å². The Morgan fingerprint density at radius 3 is 2.72 bits per heavy atom. The van der Waals surface area contributed by atoms with Crippen molar-refractivity contribution in [3.63, 3.8) is 0 Å². The molecule has 0 aliphatic carbocycles. The Bertz CT molecular complexity index is 742. The zero-order chi connectivity index (χ0) is 17.9. The topological polar surface area (TPSA) is 63.2 Å². The molecule has 1 fully saturated rings. The predicted octanol–water partition coefficient (Wildman–Crippen LogP) is 3.76. The summed E-state index contributed by atoms with van der Waals surface area (Å²) >= 11 is 1.35. The van der Waals surface area contributed by atoms with Crippen LogP contribution in [0.3, 0.4) is 0 Å². The van der Waals surface area contributed by atoms with Gasteiger partial charge in [0.15, 0.2) is 5.13 Å². The molecule has 1 aromatic carbocycles. The number of hydrogen-bond donors (Lipinski definition) is 2. The molecule has 25 heavy (non-hydrogen) atoms. The molecule has 1 saturated heterocycles. The van der Waals surface area contributed by atoms with Gasteiger partial charge < -0.3 is 10.1 Å². The summed E-state index contributed by atoms with van der Waals surface area (Å²) in [5.41, 5.74) is -0.196. The summed E-state index contributed by atoms with van der Waals surface area (Å²) in [5, 5.41) is 6.19. The fraction of sp³-hybridized carbons (Fsp3) is 0.375. The Kier molecular flexibility index (Phi) is 5.24. The van der Waals surface area contributed by atoms with Crippen molar-refractivity contribution in [2.24, 2.45) is 0 Å². The van der Waals surface area contributed by atoms with Crippen molar-refractivity contribution in [2.45, 2.75) is 25.1 Å². The number of benzene rings is 1. The molecule has 134 valence electrons. The lowest BCUT2D eigenvalue weighted by molar-refractivity contribution is -0.274. The van der Waals surface area contributed by atoms with Gasteiger partial charge in [0.2, 0.25) is 0 Å². The number of aromatic nitrogens is 1. The molecule has 2 N–H and O–H groups in total. The largest absolute Gasteiger partial charge is 0.573 e. The summed E-state index contributed by atoms with van der Waals surface area (Å²) in [5.74, 6) is -0.834. The van der Waals surface area contributed by atoms with E-state index in [4.69, 9.17) is 0 Å². The minimum Gasteiger partial charge on any atom is -0.405 e. The zero-order valence-electron chi connectivity index (χ0n) is 13.1. The van der Waals surface area contributed by atoms with Crippen LogP contribution in [0.5, 0.6) is 5.75 Å². The van der Waals surface area contributed by atoms with Gasteiger partial charge in [-0.3, -0.25) is 10.1 Å². The fourth-order valence-corrected chi connectivity index (χ4v) is 3.65. The summed E-state index contributed by atoms with van der Waals surface area (Å²) in [6, 6.07) is 5.22. The molecule has 0 radical (unpaired) electrons. The van der Waals surface area contributed by atoms with Gasteiger partial charge in [0.05, 0.1) is 5.56 Å². The number of piperidine rings is 1. The molecule has 0 bridgehead atoms. The Morgan fingerprint density at radius 2 is 2.00 bits per heavy atom. The Balaban J connectivity index is 1.71. The van der Waals surface area contributed by atoms with Gasteiger partial charge in [0.1, 0.15) is 5.75 Å². The maximum atomic E-state index is 12.5. The van der Waals surface area contributed by atoms with Crippen LogP contribution in [-0.2, 0) is 0 Å². The third-order valence-corrected chi connectivity index (χ3v) is 4.92. The Morgan fingerprint density at radius 1 is 1.28 bits per heavy atom. The molecule has 2 aromatic rings. The highest BCUT2D eigenvalue weighted by atomic mass is 32.1. The van der Waals surface area contributed by atoms with Crippen LogP contribution < -0.4 is 15.4 Å². The van der Waals surface area contributed by atoms with E-state index in [1.54, 1.807) is 6.20 Å². The minimum atomic E-state index is -4.86. The highest BCUT2D eigenvalue weighted by molar-refractivity contribution is 7.15. The van der Waals surface area contributed by atoms with Crippen LogP contribution in [-0.4, -0.2) is 30.3 Å². The van der Waals surface area contributed by atoms with Crippen molar-refractivity contribution in [3.8, 4) is 5.75 Å². The number of para-hydroxylation sites is 1. The molecular formula is C16H16F3N3O2S. The van der Waals surface area contributed by atoms with Gasteiger partial charge in [0, 0.05) is 11.1 Å². The second-order valence-electron chi connectivity index (χ2n) is 5.59. The van der Waals surface area contributed by atoms with E-state index in [9.17, 15) is 18.0 Å². The standard InChI is InChI=1S/C16H16F3N3O2S/c17-16(18,19)24-12-4-2-1-3-11(12)14(23)22-15-21-9-13(25-15)10-5-7-20-8-6-10/h1-4,9-10,20H,5-8H2,(H,21,22,23). The van der Waals surface area contributed by atoms with E-state index >= 15 is 0 Å². The van der Waals surface area contributed by atoms with E-state index in [0.717, 1.165) is 36.9 Å². The van der Waals surface area contributed by atoms with E-state index < -0.39 is 18.0 Å². The molecule has 1 aliphatic rings. The summed E-state index contributed by atoms with van der Waals surface area (Å²) in [4.78, 5) is 17.5. The van der Waals surface area contributed by atoms with Crippen molar-refractivity contribution in [1.82, 2.24) is 10.3 Å². The SMILES string of the molecule is O=C(Nc1ncc(C2CCNCC2)s1)c1ccccc1OC(F)(F)F. The number of alkyl halides is 3. The fourth-order valence-electron chi connectivity index (χ4n) is 2.67. The van der Waals surface area contributed by atoms with Crippen LogP contribution in [0.2, 0.25) is 0 Å². The van der Waals surface area contributed by atoms with Crippen LogP contribution in [0.1, 0.15) is 34.0 Å². The van der Waals surface area contributed by atoms with Gasteiger partial charge in [-0.25, -0.2) is 4.98 Å². The van der Waals surface area contributed by atoms with E-state index in [-0.39, 0.29) is 5.56 Å². The first-order valence-electron chi connectivity index (χ1n) is 7.75. The van der Waals surface area contributed by atoms with Gasteiger partial charge in [-0.2, -0.15) is 0 Å². The number of nitrogens with zero attached hydrogens (tertiary/aromatic N) is 1. The number of carbonyl (C=O) groups excluding carboxylic acids is 1. The first kappa shape index (κ1) is 17.7. The average Bonchev–Trinajstić information content (AvgIpc) is 3.03. The summed E-state index contributed by atoms with van der Waals surface area (Å²) in [7, 11) is 0. The predicted molar refractivity (Wildman–Crippen MR) is 88.0 cm³/mol. The van der Waals surface area contributed by atoms with Gasteiger partial charge in [-0.1, -0.05) is 12.1 Å². The molecule has 1 amide bonds. The normalized spacial score (nSPS) is 15.8. The maximum absolute atomic E-state index is 12.5. The smallest absolute Gasteiger partial charge is 0.405 e. The van der Waals surface area contributed by atoms with Crippen molar-refractivity contribution in [2.75, 3.05) is 18.4 Å². The molecule has 1 aliphatic heterocycles. The molecule has 0 unspecified atom stereocenters. The second-order valence-corrected chi connectivity index (χ2v) is 6.65. The van der Waals surface area contributed by atoms with Gasteiger partial charge in [-0.05, 0) is 44.0 Å². The highest BCUT2D eigenvalue weighted by Crippen LogP contribution is 2.32. The average molecular weight is 371 g/mol. The van der Waals surface area contributed by atoms with Crippen molar-refractivity contribution in [1.29, 1.82) is 0 Å². The number of anilines is 1. The van der Waals surface area contributed by atoms with Crippen LogP contribution in [0.4, 0.5) is 18.3 Å². The van der Waals surface area contributed by atoms with Crippen molar-refractivity contribution < 1.29 is 22.7 Å². The summed E-state index contributed by atoms with van der Waals surface area (Å²) < 4.78 is 41.3. The number of amides is 1. The van der Waals surface area contributed by atoms with Crippen LogP contribution in [0.15, 0.2) is 30.5 Å². The maximum Gasteiger partial charge on any atom is 0.573 e. The van der Waals surface area contributed by atoms with Crippen molar-refractivity contribution in [3.05, 3.63) is 40.9 Å². The molecule has 5 nitrogen and oxygen atoms in total. The number of rotatable bonds is 4. The second kappa shape index (κ2) is 7.40. The number of hydrogen-bond acceptors (Lipinski definition) is 5.